The van der Waals surface area contributed by atoms with E-state index in [9.17, 15) is 10.2 Å². The Hall–Kier alpha value is -3.20. The standard InChI is InChI=1S/C33H32O2/c34-22-32(28-16-6-2-12-24(28)25-13-3-7-17-29(25)32)20-10-1-11-21-33(23-35)30-18-8-4-14-26(30)27-15-5-9-19-31(27)33/h2-9,12-19,34-35H,1,10-11,20-23H2. The molecule has 0 saturated heterocycles. The molecule has 0 unspecified atom stereocenters. The van der Waals surface area contributed by atoms with Crippen LogP contribution in [0.3, 0.4) is 0 Å². The molecule has 35 heavy (non-hydrogen) atoms. The van der Waals surface area contributed by atoms with Gasteiger partial charge in [-0.15, -0.1) is 0 Å². The minimum atomic E-state index is -0.325. The van der Waals surface area contributed by atoms with Crippen molar-refractivity contribution in [2.45, 2.75) is 42.9 Å². The lowest BCUT2D eigenvalue weighted by Crippen LogP contribution is -2.30. The second-order valence-corrected chi connectivity index (χ2v) is 10.2. The van der Waals surface area contributed by atoms with Crippen molar-refractivity contribution in [3.63, 3.8) is 0 Å². The first-order valence-electron chi connectivity index (χ1n) is 12.9. The van der Waals surface area contributed by atoms with Gasteiger partial charge in [0, 0.05) is 10.8 Å². The van der Waals surface area contributed by atoms with Crippen LogP contribution in [0.25, 0.3) is 22.3 Å². The highest BCUT2D eigenvalue weighted by atomic mass is 16.3. The van der Waals surface area contributed by atoms with Gasteiger partial charge in [-0.2, -0.15) is 0 Å². The van der Waals surface area contributed by atoms with Gasteiger partial charge in [-0.3, -0.25) is 0 Å². The largest absolute Gasteiger partial charge is 0.395 e. The third-order valence-electron chi connectivity index (χ3n) is 8.60. The first-order chi connectivity index (χ1) is 17.2. The zero-order valence-corrected chi connectivity index (χ0v) is 20.1. The molecule has 0 radical (unpaired) electrons. The Labute approximate surface area is 207 Å². The van der Waals surface area contributed by atoms with E-state index in [-0.39, 0.29) is 24.0 Å². The summed E-state index contributed by atoms with van der Waals surface area (Å²) in [5, 5.41) is 21.4. The monoisotopic (exact) mass is 460 g/mol. The summed E-state index contributed by atoms with van der Waals surface area (Å²) in [4.78, 5) is 0. The molecule has 0 atom stereocenters. The van der Waals surface area contributed by atoms with E-state index in [4.69, 9.17) is 0 Å². The summed E-state index contributed by atoms with van der Waals surface area (Å²) in [5.74, 6) is 0. The fraction of sp³-hybridized carbons (Fsp3) is 0.273. The number of hydrogen-bond donors (Lipinski definition) is 2. The molecule has 0 spiro atoms. The second kappa shape index (κ2) is 8.78. The fourth-order valence-electron chi connectivity index (χ4n) is 6.90. The van der Waals surface area contributed by atoms with Crippen LogP contribution in [-0.4, -0.2) is 23.4 Å². The normalized spacial score (nSPS) is 15.8. The summed E-state index contributed by atoms with van der Waals surface area (Å²) in [7, 11) is 0. The van der Waals surface area contributed by atoms with Crippen LogP contribution in [0.4, 0.5) is 0 Å². The first-order valence-corrected chi connectivity index (χ1v) is 12.9. The lowest BCUT2D eigenvalue weighted by molar-refractivity contribution is 0.204. The molecule has 176 valence electrons. The van der Waals surface area contributed by atoms with E-state index in [1.807, 2.05) is 0 Å². The average Bonchev–Trinajstić information content (AvgIpc) is 3.37. The molecular formula is C33H32O2. The predicted molar refractivity (Wildman–Crippen MR) is 143 cm³/mol. The van der Waals surface area contributed by atoms with Crippen LogP contribution < -0.4 is 0 Å². The van der Waals surface area contributed by atoms with E-state index in [1.165, 1.54) is 44.5 Å². The Morgan fingerprint density at radius 1 is 0.400 bits per heavy atom. The SMILES string of the molecule is OCC1(CCCCCC2(CO)c3ccccc3-c3ccccc32)c2ccccc2-c2ccccc21. The predicted octanol–water partition coefficient (Wildman–Crippen LogP) is 6.85. The van der Waals surface area contributed by atoms with E-state index in [2.05, 4.69) is 97.1 Å². The summed E-state index contributed by atoms with van der Waals surface area (Å²) in [6.07, 6.45) is 4.99. The van der Waals surface area contributed by atoms with Crippen molar-refractivity contribution in [2.75, 3.05) is 13.2 Å². The highest BCUT2D eigenvalue weighted by Gasteiger charge is 2.43. The Balaban J connectivity index is 1.22. The maximum absolute atomic E-state index is 10.7. The lowest BCUT2D eigenvalue weighted by Gasteiger charge is -2.31. The second-order valence-electron chi connectivity index (χ2n) is 10.2. The minimum Gasteiger partial charge on any atom is -0.395 e. The van der Waals surface area contributed by atoms with E-state index in [0.29, 0.717) is 0 Å². The number of hydrogen-bond acceptors (Lipinski definition) is 2. The molecule has 0 amide bonds. The van der Waals surface area contributed by atoms with E-state index >= 15 is 0 Å². The zero-order valence-electron chi connectivity index (χ0n) is 20.1. The summed E-state index contributed by atoms with van der Waals surface area (Å²) in [5.41, 5.74) is 9.42. The molecule has 2 aliphatic rings. The molecule has 0 aromatic heterocycles. The quantitative estimate of drug-likeness (QED) is 0.282. The van der Waals surface area contributed by atoms with Gasteiger partial charge in [-0.05, 0) is 57.3 Å². The number of fused-ring (bicyclic) bond motifs is 6. The van der Waals surface area contributed by atoms with Gasteiger partial charge in [-0.25, -0.2) is 0 Å². The average molecular weight is 461 g/mol. The molecule has 4 aromatic carbocycles. The molecule has 0 saturated carbocycles. The third-order valence-corrected chi connectivity index (χ3v) is 8.60. The Morgan fingerprint density at radius 3 is 0.971 bits per heavy atom. The van der Waals surface area contributed by atoms with Crippen LogP contribution in [0.2, 0.25) is 0 Å². The fourth-order valence-corrected chi connectivity index (χ4v) is 6.90. The van der Waals surface area contributed by atoms with Gasteiger partial charge in [-0.1, -0.05) is 116 Å². The summed E-state index contributed by atoms with van der Waals surface area (Å²) in [6, 6.07) is 34.3. The van der Waals surface area contributed by atoms with Crippen molar-refractivity contribution < 1.29 is 10.2 Å². The van der Waals surface area contributed by atoms with Gasteiger partial charge in [0.25, 0.3) is 0 Å². The number of aliphatic hydroxyl groups is 2. The molecule has 2 heteroatoms. The molecule has 2 aliphatic carbocycles. The Bertz CT molecular complexity index is 1170. The Morgan fingerprint density at radius 2 is 0.686 bits per heavy atom. The first kappa shape index (κ1) is 22.3. The summed E-state index contributed by atoms with van der Waals surface area (Å²) < 4.78 is 0. The van der Waals surface area contributed by atoms with Crippen molar-refractivity contribution in [3.8, 4) is 22.3 Å². The zero-order chi connectivity index (χ0) is 23.9. The third kappa shape index (κ3) is 3.24. The maximum atomic E-state index is 10.7. The van der Waals surface area contributed by atoms with Crippen molar-refractivity contribution in [1.82, 2.24) is 0 Å². The van der Waals surface area contributed by atoms with Gasteiger partial charge < -0.3 is 10.2 Å². The van der Waals surface area contributed by atoms with Crippen LogP contribution in [0.15, 0.2) is 97.1 Å². The van der Waals surface area contributed by atoms with Crippen molar-refractivity contribution in [1.29, 1.82) is 0 Å². The van der Waals surface area contributed by atoms with Crippen molar-refractivity contribution >= 4 is 0 Å². The molecule has 0 aliphatic heterocycles. The number of unbranched alkanes of at least 4 members (excludes halogenated alkanes) is 2. The van der Waals surface area contributed by atoms with Crippen LogP contribution in [0.1, 0.15) is 54.4 Å². The molecule has 2 nitrogen and oxygen atoms in total. The molecule has 0 bridgehead atoms. The Kier molecular flexibility index (Phi) is 5.59. The van der Waals surface area contributed by atoms with Crippen molar-refractivity contribution in [3.05, 3.63) is 119 Å². The van der Waals surface area contributed by atoms with Crippen LogP contribution in [-0.2, 0) is 10.8 Å². The van der Waals surface area contributed by atoms with E-state index in [0.717, 1.165) is 32.1 Å². The van der Waals surface area contributed by atoms with E-state index in [1.54, 1.807) is 0 Å². The summed E-state index contributed by atoms with van der Waals surface area (Å²) in [6.45, 7) is 0.255. The molecule has 6 rings (SSSR count). The van der Waals surface area contributed by atoms with E-state index < -0.39 is 0 Å². The van der Waals surface area contributed by atoms with Gasteiger partial charge >= 0.3 is 0 Å². The topological polar surface area (TPSA) is 40.5 Å². The van der Waals surface area contributed by atoms with Gasteiger partial charge in [0.1, 0.15) is 0 Å². The number of benzene rings is 4. The minimum absolute atomic E-state index is 0.127. The molecular weight excluding hydrogens is 428 g/mol. The van der Waals surface area contributed by atoms with Gasteiger partial charge in [0.2, 0.25) is 0 Å². The number of rotatable bonds is 8. The van der Waals surface area contributed by atoms with Gasteiger partial charge in [0.15, 0.2) is 0 Å². The number of aliphatic hydroxyl groups excluding tert-OH is 2. The molecule has 2 N–H and O–H groups in total. The highest BCUT2D eigenvalue weighted by molar-refractivity contribution is 5.82. The van der Waals surface area contributed by atoms with Crippen LogP contribution >= 0.6 is 0 Å². The van der Waals surface area contributed by atoms with Gasteiger partial charge in [0.05, 0.1) is 13.2 Å². The smallest absolute Gasteiger partial charge is 0.0569 e. The molecule has 0 heterocycles. The summed E-state index contributed by atoms with van der Waals surface area (Å²) >= 11 is 0. The molecule has 0 fully saturated rings. The van der Waals surface area contributed by atoms with Crippen LogP contribution in [0, 0.1) is 0 Å². The maximum Gasteiger partial charge on any atom is 0.0569 e. The van der Waals surface area contributed by atoms with Crippen LogP contribution in [0.5, 0.6) is 0 Å². The highest BCUT2D eigenvalue weighted by Crippen LogP contribution is 2.53. The molecule has 4 aromatic rings. The lowest BCUT2D eigenvalue weighted by atomic mass is 9.73. The van der Waals surface area contributed by atoms with Crippen molar-refractivity contribution in [2.24, 2.45) is 0 Å².